The molecule has 1 rings (SSSR count). The van der Waals surface area contributed by atoms with Gasteiger partial charge in [0.25, 0.3) is 0 Å². The number of allylic oxidation sites excluding steroid dienone is 2. The van der Waals surface area contributed by atoms with Crippen LogP contribution in [0, 0.1) is 0 Å². The second-order valence-electron chi connectivity index (χ2n) is 5.62. The summed E-state index contributed by atoms with van der Waals surface area (Å²) in [5.41, 5.74) is 2.58. The quantitative estimate of drug-likeness (QED) is 0.237. The third-order valence-electron chi connectivity index (χ3n) is 3.77. The number of pyridine rings is 1. The second-order valence-corrected chi connectivity index (χ2v) is 5.98. The van der Waals surface area contributed by atoms with Crippen molar-refractivity contribution in [2.75, 3.05) is 20.3 Å². The van der Waals surface area contributed by atoms with Crippen molar-refractivity contribution in [2.45, 2.75) is 26.4 Å². The molecule has 1 aromatic rings. The number of hydrogen-bond acceptors (Lipinski definition) is 5. The first-order valence-corrected chi connectivity index (χ1v) is 8.19. The Morgan fingerprint density at radius 1 is 1.56 bits per heavy atom. The number of aliphatic imine (C=N–C) groups is 1. The highest BCUT2D eigenvalue weighted by molar-refractivity contribution is 6.30. The van der Waals surface area contributed by atoms with Gasteiger partial charge in [-0.25, -0.2) is 9.37 Å². The molecule has 0 aliphatic carbocycles. The molecule has 7 heteroatoms. The summed E-state index contributed by atoms with van der Waals surface area (Å²) in [7, 11) is 1.87. The average Bonchev–Trinajstić information content (AvgIpc) is 2.61. The van der Waals surface area contributed by atoms with E-state index >= 15 is 0 Å². The third-order valence-corrected chi connectivity index (χ3v) is 4.10. The van der Waals surface area contributed by atoms with Crippen LogP contribution in [-0.2, 0) is 6.54 Å². The van der Waals surface area contributed by atoms with Gasteiger partial charge < -0.3 is 5.11 Å². The van der Waals surface area contributed by atoms with E-state index in [2.05, 4.69) is 9.98 Å². The number of nitrogens with zero attached hydrogens (tertiary/aromatic N) is 3. The molecule has 0 saturated heterocycles. The molecule has 0 aromatic carbocycles. The number of carbonyl (C=O) groups excluding carboxylic acids is 1. The van der Waals surface area contributed by atoms with Crippen molar-refractivity contribution in [3.05, 3.63) is 52.0 Å². The van der Waals surface area contributed by atoms with Crippen molar-refractivity contribution in [1.82, 2.24) is 9.88 Å². The van der Waals surface area contributed by atoms with Crippen LogP contribution < -0.4 is 0 Å². The first-order valence-electron chi connectivity index (χ1n) is 7.81. The van der Waals surface area contributed by atoms with Crippen LogP contribution in [0.25, 0.3) is 0 Å². The Hall–Kier alpha value is -2.05. The van der Waals surface area contributed by atoms with Gasteiger partial charge in [-0.1, -0.05) is 11.6 Å². The normalized spacial score (nSPS) is 14.3. The molecule has 0 bridgehead atoms. The van der Waals surface area contributed by atoms with Crippen molar-refractivity contribution in [2.24, 2.45) is 4.99 Å². The van der Waals surface area contributed by atoms with E-state index in [1.54, 1.807) is 25.3 Å². The molecule has 0 spiro atoms. The number of carbonyl (C=O) groups is 1. The molecule has 136 valence electrons. The SMILES string of the molecule is CC(/C=C(\C=N/CCF)C(C)N(C)Cc1c(C=O)ccnc1Cl)=C\O. The number of alkyl halides is 1. The molecule has 1 heterocycles. The third kappa shape index (κ3) is 6.40. The van der Waals surface area contributed by atoms with E-state index in [1.807, 2.05) is 18.9 Å². The van der Waals surface area contributed by atoms with Gasteiger partial charge in [0.15, 0.2) is 6.29 Å². The summed E-state index contributed by atoms with van der Waals surface area (Å²) in [5, 5.41) is 9.41. The Morgan fingerprint density at radius 2 is 2.28 bits per heavy atom. The zero-order valence-corrected chi connectivity index (χ0v) is 15.4. The van der Waals surface area contributed by atoms with Crippen molar-refractivity contribution >= 4 is 24.1 Å². The number of halogens is 2. The van der Waals surface area contributed by atoms with Crippen LogP contribution in [0.2, 0.25) is 5.15 Å². The summed E-state index contributed by atoms with van der Waals surface area (Å²) in [6.07, 6.45) is 6.61. The number of aliphatic hydroxyl groups is 1. The summed E-state index contributed by atoms with van der Waals surface area (Å²) in [5.74, 6) is 0. The van der Waals surface area contributed by atoms with Gasteiger partial charge in [-0.15, -0.1) is 0 Å². The Labute approximate surface area is 152 Å². The van der Waals surface area contributed by atoms with Crippen molar-refractivity contribution in [3.63, 3.8) is 0 Å². The standard InChI is InChI=1S/C18H23ClFN3O2/c1-13(11-24)8-16(9-21-7-5-20)14(2)23(3)10-17-15(12-25)4-6-22-18(17)19/h4,6,8-9,11-12,14,24H,5,7,10H2,1-3H3/b13-11+,16-8+,21-9-. The van der Waals surface area contributed by atoms with Gasteiger partial charge in [0, 0.05) is 36.1 Å². The number of likely N-dealkylation sites (N-methyl/N-ethyl adjacent to an activating group) is 1. The van der Waals surface area contributed by atoms with Crippen LogP contribution in [0.4, 0.5) is 4.39 Å². The topological polar surface area (TPSA) is 65.8 Å². The Kier molecular flexibility index (Phi) is 9.02. The van der Waals surface area contributed by atoms with Crippen LogP contribution in [-0.4, -0.2) is 53.8 Å². The summed E-state index contributed by atoms with van der Waals surface area (Å²) >= 11 is 6.12. The van der Waals surface area contributed by atoms with E-state index in [0.717, 1.165) is 18.1 Å². The zero-order valence-electron chi connectivity index (χ0n) is 14.6. The van der Waals surface area contributed by atoms with E-state index < -0.39 is 6.67 Å². The molecule has 1 unspecified atom stereocenters. The van der Waals surface area contributed by atoms with Crippen molar-refractivity contribution in [1.29, 1.82) is 0 Å². The molecular weight excluding hydrogens is 345 g/mol. The highest BCUT2D eigenvalue weighted by Gasteiger charge is 2.17. The van der Waals surface area contributed by atoms with Crippen molar-refractivity contribution < 1.29 is 14.3 Å². The Morgan fingerprint density at radius 3 is 2.88 bits per heavy atom. The van der Waals surface area contributed by atoms with E-state index in [4.69, 9.17) is 16.7 Å². The fourth-order valence-corrected chi connectivity index (χ4v) is 2.40. The minimum atomic E-state index is -0.531. The molecule has 0 amide bonds. The molecule has 25 heavy (non-hydrogen) atoms. The second kappa shape index (κ2) is 10.7. The van der Waals surface area contributed by atoms with E-state index in [1.165, 1.54) is 6.20 Å². The number of aliphatic hydroxyl groups excluding tert-OH is 1. The van der Waals surface area contributed by atoms with Crippen LogP contribution >= 0.6 is 11.6 Å². The van der Waals surface area contributed by atoms with Gasteiger partial charge in [0.05, 0.1) is 12.8 Å². The van der Waals surface area contributed by atoms with Gasteiger partial charge in [-0.3, -0.25) is 14.7 Å². The van der Waals surface area contributed by atoms with Gasteiger partial charge in [0.2, 0.25) is 0 Å². The van der Waals surface area contributed by atoms with Gasteiger partial charge in [-0.2, -0.15) is 0 Å². The molecule has 5 nitrogen and oxygen atoms in total. The lowest BCUT2D eigenvalue weighted by Crippen LogP contribution is -2.31. The number of hydrogen-bond donors (Lipinski definition) is 1. The van der Waals surface area contributed by atoms with Crippen LogP contribution in [0.3, 0.4) is 0 Å². The lowest BCUT2D eigenvalue weighted by atomic mass is 10.0. The van der Waals surface area contributed by atoms with E-state index in [9.17, 15) is 9.18 Å². The van der Waals surface area contributed by atoms with Crippen LogP contribution in [0.5, 0.6) is 0 Å². The highest BCUT2D eigenvalue weighted by Crippen LogP contribution is 2.20. The molecule has 0 saturated carbocycles. The number of rotatable bonds is 9. The summed E-state index contributed by atoms with van der Waals surface area (Å²) < 4.78 is 12.3. The maximum atomic E-state index is 12.3. The van der Waals surface area contributed by atoms with Crippen LogP contribution in [0.15, 0.2) is 40.7 Å². The van der Waals surface area contributed by atoms with E-state index in [0.29, 0.717) is 23.2 Å². The zero-order chi connectivity index (χ0) is 18.8. The maximum Gasteiger partial charge on any atom is 0.150 e. The van der Waals surface area contributed by atoms with Gasteiger partial charge >= 0.3 is 0 Å². The van der Waals surface area contributed by atoms with Gasteiger partial charge in [0.1, 0.15) is 11.8 Å². The highest BCUT2D eigenvalue weighted by atomic mass is 35.5. The molecular formula is C18H23ClFN3O2. The predicted molar refractivity (Wildman–Crippen MR) is 99.4 cm³/mol. The first-order chi connectivity index (χ1) is 11.9. The fraction of sp³-hybridized carbons (Fsp3) is 0.389. The molecule has 0 fully saturated rings. The first kappa shape index (κ1) is 21.0. The van der Waals surface area contributed by atoms with Crippen LogP contribution in [0.1, 0.15) is 29.8 Å². The Bertz CT molecular complexity index is 674. The molecule has 0 radical (unpaired) electrons. The number of aldehydes is 1. The molecule has 0 aliphatic rings. The predicted octanol–water partition coefficient (Wildman–Crippen LogP) is 3.80. The maximum absolute atomic E-state index is 12.3. The molecule has 1 atom stereocenters. The lowest BCUT2D eigenvalue weighted by molar-refractivity contribution is 0.112. The fourth-order valence-electron chi connectivity index (χ4n) is 2.17. The summed E-state index contributed by atoms with van der Waals surface area (Å²) in [4.78, 5) is 21.2. The minimum absolute atomic E-state index is 0.0827. The minimum Gasteiger partial charge on any atom is -0.515 e. The van der Waals surface area contributed by atoms with Gasteiger partial charge in [-0.05, 0) is 44.2 Å². The molecule has 1 N–H and O–H groups in total. The molecule has 0 aliphatic heterocycles. The van der Waals surface area contributed by atoms with E-state index in [-0.39, 0.29) is 17.7 Å². The molecule has 1 aromatic heterocycles. The van der Waals surface area contributed by atoms with Crippen molar-refractivity contribution in [3.8, 4) is 0 Å². The Balaban J connectivity index is 3.06. The lowest BCUT2D eigenvalue weighted by Gasteiger charge is -2.26. The largest absolute Gasteiger partial charge is 0.515 e. The smallest absolute Gasteiger partial charge is 0.150 e. The number of aromatic nitrogens is 1. The average molecular weight is 368 g/mol. The summed E-state index contributed by atoms with van der Waals surface area (Å²) in [6, 6.07) is 1.50. The summed E-state index contributed by atoms with van der Waals surface area (Å²) in [6.45, 7) is 3.65. The monoisotopic (exact) mass is 367 g/mol.